The lowest BCUT2D eigenvalue weighted by atomic mass is 9.87. The maximum atomic E-state index is 12.4. The molecule has 154 valence electrons. The van der Waals surface area contributed by atoms with Crippen LogP contribution in [0.2, 0.25) is 0 Å². The van der Waals surface area contributed by atoms with Gasteiger partial charge in [-0.25, -0.2) is 0 Å². The topological polar surface area (TPSA) is 67.8 Å². The van der Waals surface area contributed by atoms with E-state index in [0.717, 1.165) is 12.1 Å². The van der Waals surface area contributed by atoms with Crippen molar-refractivity contribution in [2.24, 2.45) is 5.41 Å². The van der Waals surface area contributed by atoms with Crippen LogP contribution in [0.3, 0.4) is 0 Å². The standard InChI is InChI=1S/C17H22F5NO4/c1-16(2,3)13(24)8-14(25)23-12(9-26-15(18)19)10-5-4-6-11(7-10)27-17(20,21)22/h4-7,12-13,15,24H,8-9H2,1-3H3,(H,23,25). The fourth-order valence-corrected chi connectivity index (χ4v) is 2.05. The second kappa shape index (κ2) is 9.32. The minimum absolute atomic E-state index is 0.0796. The highest BCUT2D eigenvalue weighted by atomic mass is 19.4. The summed E-state index contributed by atoms with van der Waals surface area (Å²) in [7, 11) is 0. The second-order valence-corrected chi connectivity index (χ2v) is 6.92. The molecule has 0 spiro atoms. The van der Waals surface area contributed by atoms with Crippen molar-refractivity contribution >= 4 is 5.91 Å². The van der Waals surface area contributed by atoms with Gasteiger partial charge in [0, 0.05) is 0 Å². The molecule has 0 saturated carbocycles. The van der Waals surface area contributed by atoms with E-state index in [9.17, 15) is 31.9 Å². The third kappa shape index (κ3) is 9.00. The molecule has 0 heterocycles. The van der Waals surface area contributed by atoms with Crippen molar-refractivity contribution in [3.8, 4) is 5.75 Å². The molecule has 0 aliphatic heterocycles. The summed E-state index contributed by atoms with van der Waals surface area (Å²) >= 11 is 0. The number of aliphatic hydroxyl groups excluding tert-OH is 1. The normalized spacial score (nSPS) is 14.7. The summed E-state index contributed by atoms with van der Waals surface area (Å²) < 4.78 is 69.8. The van der Waals surface area contributed by atoms with E-state index >= 15 is 0 Å². The van der Waals surface area contributed by atoms with Crippen LogP contribution in [0.1, 0.15) is 38.8 Å². The highest BCUT2D eigenvalue weighted by molar-refractivity contribution is 5.77. The van der Waals surface area contributed by atoms with Gasteiger partial charge in [0.05, 0.1) is 25.2 Å². The van der Waals surface area contributed by atoms with Crippen molar-refractivity contribution in [3.05, 3.63) is 29.8 Å². The fourth-order valence-electron chi connectivity index (χ4n) is 2.05. The lowest BCUT2D eigenvalue weighted by Gasteiger charge is -2.26. The number of alkyl halides is 5. The van der Waals surface area contributed by atoms with Gasteiger partial charge in [-0.1, -0.05) is 32.9 Å². The van der Waals surface area contributed by atoms with Crippen LogP contribution in [0.4, 0.5) is 22.0 Å². The number of benzene rings is 1. The Balaban J connectivity index is 2.94. The Labute approximate surface area is 153 Å². The van der Waals surface area contributed by atoms with Crippen LogP contribution < -0.4 is 10.1 Å². The molecule has 0 saturated heterocycles. The molecule has 0 aliphatic carbocycles. The molecule has 0 radical (unpaired) electrons. The van der Waals surface area contributed by atoms with Crippen molar-refractivity contribution in [2.75, 3.05) is 6.61 Å². The monoisotopic (exact) mass is 399 g/mol. The third-order valence-corrected chi connectivity index (χ3v) is 3.60. The van der Waals surface area contributed by atoms with Crippen LogP contribution >= 0.6 is 0 Å². The van der Waals surface area contributed by atoms with E-state index in [4.69, 9.17) is 0 Å². The highest BCUT2D eigenvalue weighted by Gasteiger charge is 2.31. The van der Waals surface area contributed by atoms with Gasteiger partial charge in [-0.2, -0.15) is 8.78 Å². The average molecular weight is 399 g/mol. The Morgan fingerprint density at radius 2 is 1.85 bits per heavy atom. The average Bonchev–Trinajstić information content (AvgIpc) is 2.48. The molecular weight excluding hydrogens is 377 g/mol. The number of halogens is 5. The first-order valence-corrected chi connectivity index (χ1v) is 8.01. The van der Waals surface area contributed by atoms with Crippen molar-refractivity contribution in [1.29, 1.82) is 0 Å². The van der Waals surface area contributed by atoms with Gasteiger partial charge in [0.25, 0.3) is 0 Å². The first kappa shape index (κ1) is 23.1. The number of carbonyl (C=O) groups is 1. The van der Waals surface area contributed by atoms with Gasteiger partial charge in [-0.15, -0.1) is 13.2 Å². The number of hydrogen-bond acceptors (Lipinski definition) is 4. The van der Waals surface area contributed by atoms with Gasteiger partial charge in [-0.3, -0.25) is 4.79 Å². The number of ether oxygens (including phenoxy) is 2. The number of amides is 1. The Morgan fingerprint density at radius 1 is 1.22 bits per heavy atom. The second-order valence-electron chi connectivity index (χ2n) is 6.92. The van der Waals surface area contributed by atoms with E-state index < -0.39 is 48.8 Å². The summed E-state index contributed by atoms with van der Waals surface area (Å²) in [4.78, 5) is 12.1. The smallest absolute Gasteiger partial charge is 0.406 e. The highest BCUT2D eigenvalue weighted by Crippen LogP contribution is 2.27. The van der Waals surface area contributed by atoms with E-state index in [1.807, 2.05) is 0 Å². The molecule has 1 aromatic carbocycles. The summed E-state index contributed by atoms with van der Waals surface area (Å²) in [5.41, 5.74) is -0.511. The lowest BCUT2D eigenvalue weighted by Crippen LogP contribution is -2.37. The summed E-state index contributed by atoms with van der Waals surface area (Å²) in [6.07, 6.45) is -6.24. The number of carbonyl (C=O) groups excluding carboxylic acids is 1. The van der Waals surface area contributed by atoms with Gasteiger partial charge in [0.1, 0.15) is 5.75 Å². The summed E-state index contributed by atoms with van der Waals surface area (Å²) in [6.45, 7) is 1.32. The first-order chi connectivity index (χ1) is 12.3. The Bertz CT molecular complexity index is 616. The summed E-state index contributed by atoms with van der Waals surface area (Å²) in [6, 6.07) is 3.40. The van der Waals surface area contributed by atoms with E-state index in [1.165, 1.54) is 12.1 Å². The molecule has 2 unspecified atom stereocenters. The number of rotatable bonds is 8. The van der Waals surface area contributed by atoms with Crippen LogP contribution in [0.5, 0.6) is 5.75 Å². The van der Waals surface area contributed by atoms with Crippen LogP contribution in [-0.2, 0) is 9.53 Å². The predicted molar refractivity (Wildman–Crippen MR) is 86.0 cm³/mol. The van der Waals surface area contributed by atoms with Crippen LogP contribution in [0, 0.1) is 5.41 Å². The van der Waals surface area contributed by atoms with Gasteiger partial charge >= 0.3 is 13.0 Å². The van der Waals surface area contributed by atoms with E-state index in [0.29, 0.717) is 0 Å². The predicted octanol–water partition coefficient (Wildman–Crippen LogP) is 3.78. The van der Waals surface area contributed by atoms with Crippen molar-refractivity contribution in [2.45, 2.75) is 52.3 Å². The van der Waals surface area contributed by atoms with Crippen LogP contribution in [-0.4, -0.2) is 36.7 Å². The zero-order valence-electron chi connectivity index (χ0n) is 15.0. The third-order valence-electron chi connectivity index (χ3n) is 3.60. The van der Waals surface area contributed by atoms with Gasteiger partial charge < -0.3 is 19.9 Å². The maximum absolute atomic E-state index is 12.4. The van der Waals surface area contributed by atoms with Gasteiger partial charge in [-0.05, 0) is 23.1 Å². The van der Waals surface area contributed by atoms with Crippen LogP contribution in [0.15, 0.2) is 24.3 Å². The van der Waals surface area contributed by atoms with E-state index in [-0.39, 0.29) is 12.0 Å². The Kier molecular flexibility index (Phi) is 7.97. The summed E-state index contributed by atoms with van der Waals surface area (Å²) in [5.74, 6) is -1.23. The number of nitrogens with one attached hydrogen (secondary N) is 1. The van der Waals surface area contributed by atoms with E-state index in [1.54, 1.807) is 20.8 Å². The minimum Gasteiger partial charge on any atom is -0.406 e. The molecular formula is C17H22F5NO4. The number of hydrogen-bond donors (Lipinski definition) is 2. The minimum atomic E-state index is -4.92. The van der Waals surface area contributed by atoms with Gasteiger partial charge in [0.2, 0.25) is 5.91 Å². The quantitative estimate of drug-likeness (QED) is 0.653. The van der Waals surface area contributed by atoms with Gasteiger partial charge in [0.15, 0.2) is 0 Å². The lowest BCUT2D eigenvalue weighted by molar-refractivity contribution is -0.274. The molecule has 0 aromatic heterocycles. The number of aliphatic hydroxyl groups is 1. The molecule has 1 amide bonds. The Hall–Kier alpha value is -1.94. The molecule has 0 bridgehead atoms. The van der Waals surface area contributed by atoms with Crippen LogP contribution in [0.25, 0.3) is 0 Å². The Morgan fingerprint density at radius 3 is 2.37 bits per heavy atom. The molecule has 5 nitrogen and oxygen atoms in total. The first-order valence-electron chi connectivity index (χ1n) is 8.01. The molecule has 2 N–H and O–H groups in total. The molecule has 0 fully saturated rings. The SMILES string of the molecule is CC(C)(C)C(O)CC(=O)NC(COC(F)F)c1cccc(OC(F)(F)F)c1. The molecule has 2 atom stereocenters. The van der Waals surface area contributed by atoms with E-state index in [2.05, 4.69) is 14.8 Å². The molecule has 1 aromatic rings. The largest absolute Gasteiger partial charge is 0.573 e. The zero-order chi connectivity index (χ0) is 20.8. The van der Waals surface area contributed by atoms with Crippen molar-refractivity contribution in [1.82, 2.24) is 5.32 Å². The molecule has 1 rings (SSSR count). The zero-order valence-corrected chi connectivity index (χ0v) is 15.0. The summed E-state index contributed by atoms with van der Waals surface area (Å²) in [5, 5.41) is 12.4. The maximum Gasteiger partial charge on any atom is 0.573 e. The molecule has 27 heavy (non-hydrogen) atoms. The molecule has 0 aliphatic rings. The van der Waals surface area contributed by atoms with Crippen molar-refractivity contribution < 1.29 is 41.3 Å². The molecule has 10 heteroatoms. The van der Waals surface area contributed by atoms with Crippen molar-refractivity contribution in [3.63, 3.8) is 0 Å². The fraction of sp³-hybridized carbons (Fsp3) is 0.588.